The van der Waals surface area contributed by atoms with Crippen LogP contribution < -0.4 is 4.74 Å². The number of benzene rings is 2. The molecule has 0 radical (unpaired) electrons. The maximum Gasteiger partial charge on any atom is 0.124 e. The summed E-state index contributed by atoms with van der Waals surface area (Å²) in [6, 6.07) is 20.0. The molecular weight excluding hydrogens is 366 g/mol. The predicted octanol–water partition coefficient (Wildman–Crippen LogP) is 6.25. The zero-order chi connectivity index (χ0) is 19.8. The molecule has 28 heavy (non-hydrogen) atoms. The van der Waals surface area contributed by atoms with Crippen molar-refractivity contribution in [1.29, 1.82) is 0 Å². The van der Waals surface area contributed by atoms with Gasteiger partial charge in [-0.15, -0.1) is 0 Å². The normalized spacial score (nSPS) is 19.5. The van der Waals surface area contributed by atoms with E-state index in [2.05, 4.69) is 72.7 Å². The first-order valence-electron chi connectivity index (χ1n) is 10.5. The van der Waals surface area contributed by atoms with Gasteiger partial charge in [-0.3, -0.25) is 0 Å². The molecule has 1 aliphatic heterocycles. The largest absolute Gasteiger partial charge is 0.488 e. The molecule has 0 bridgehead atoms. The number of ether oxygens (including phenoxy) is 2. The van der Waals surface area contributed by atoms with E-state index in [0.717, 1.165) is 30.9 Å². The Bertz CT molecular complexity index is 705. The van der Waals surface area contributed by atoms with E-state index in [0.29, 0.717) is 6.04 Å². The molecule has 0 aromatic heterocycles. The van der Waals surface area contributed by atoms with E-state index in [-0.39, 0.29) is 12.2 Å². The molecule has 4 heteroatoms. The highest BCUT2D eigenvalue weighted by molar-refractivity contribution is 7.96. The minimum Gasteiger partial charge on any atom is -0.488 e. The molecule has 0 saturated carbocycles. The van der Waals surface area contributed by atoms with Crippen LogP contribution in [-0.4, -0.2) is 30.2 Å². The second kappa shape index (κ2) is 10.9. The van der Waals surface area contributed by atoms with Crippen LogP contribution in [0, 0.1) is 0 Å². The lowest BCUT2D eigenvalue weighted by Crippen LogP contribution is -2.32. The van der Waals surface area contributed by atoms with E-state index in [1.807, 2.05) is 11.9 Å². The number of methoxy groups -OCH3 is 1. The van der Waals surface area contributed by atoms with Gasteiger partial charge in [-0.05, 0) is 48.9 Å². The highest BCUT2D eigenvalue weighted by Gasteiger charge is 2.26. The van der Waals surface area contributed by atoms with Crippen molar-refractivity contribution in [2.24, 2.45) is 0 Å². The predicted molar refractivity (Wildman–Crippen MR) is 119 cm³/mol. The van der Waals surface area contributed by atoms with Crippen molar-refractivity contribution in [2.45, 2.75) is 63.5 Å². The van der Waals surface area contributed by atoms with Crippen LogP contribution in [0.1, 0.15) is 56.7 Å². The number of hydrogen-bond acceptors (Lipinski definition) is 4. The van der Waals surface area contributed by atoms with Crippen LogP contribution >= 0.6 is 11.9 Å². The zero-order valence-electron chi connectivity index (χ0n) is 17.3. The lowest BCUT2D eigenvalue weighted by Gasteiger charge is -2.25. The standard InChI is InChI=1S/C24H33NO2S/c1-4-23(26-3)24(5-2)27-21-14-9-11-19(17-21)18-28-25-16-10-15-22(25)20-12-7-6-8-13-20/h6-9,11-14,17,22-24H,4-5,10,15-16,18H2,1-3H3. The van der Waals surface area contributed by atoms with Gasteiger partial charge in [-0.1, -0.05) is 68.3 Å². The molecular formula is C24H33NO2S. The first-order valence-corrected chi connectivity index (χ1v) is 11.4. The van der Waals surface area contributed by atoms with Crippen LogP contribution in [-0.2, 0) is 10.5 Å². The summed E-state index contributed by atoms with van der Waals surface area (Å²) in [4.78, 5) is 0. The van der Waals surface area contributed by atoms with Crippen LogP contribution in [0.5, 0.6) is 5.75 Å². The first-order chi connectivity index (χ1) is 13.7. The monoisotopic (exact) mass is 399 g/mol. The molecule has 3 rings (SSSR count). The summed E-state index contributed by atoms with van der Waals surface area (Å²) in [5, 5.41) is 0. The van der Waals surface area contributed by atoms with Gasteiger partial charge in [0.15, 0.2) is 0 Å². The van der Waals surface area contributed by atoms with Crippen LogP contribution in [0.15, 0.2) is 54.6 Å². The second-order valence-electron chi connectivity index (χ2n) is 7.38. The summed E-state index contributed by atoms with van der Waals surface area (Å²) >= 11 is 1.94. The maximum atomic E-state index is 6.26. The van der Waals surface area contributed by atoms with Gasteiger partial charge in [-0.2, -0.15) is 0 Å². The summed E-state index contributed by atoms with van der Waals surface area (Å²) < 4.78 is 14.4. The molecule has 0 aliphatic carbocycles. The third-order valence-corrected chi connectivity index (χ3v) is 6.72. The molecule has 152 valence electrons. The van der Waals surface area contributed by atoms with Crippen molar-refractivity contribution >= 4 is 11.9 Å². The quantitative estimate of drug-likeness (QED) is 0.440. The summed E-state index contributed by atoms with van der Waals surface area (Å²) in [5.74, 6) is 1.92. The van der Waals surface area contributed by atoms with Gasteiger partial charge in [0.05, 0.1) is 6.10 Å². The van der Waals surface area contributed by atoms with E-state index in [1.165, 1.54) is 24.0 Å². The molecule has 1 fully saturated rings. The molecule has 1 saturated heterocycles. The summed E-state index contributed by atoms with van der Waals surface area (Å²) in [5.41, 5.74) is 2.74. The number of rotatable bonds is 10. The Kier molecular flexibility index (Phi) is 8.26. The molecule has 2 aromatic carbocycles. The van der Waals surface area contributed by atoms with Crippen molar-refractivity contribution in [3.63, 3.8) is 0 Å². The Labute approximate surface area is 174 Å². The fourth-order valence-electron chi connectivity index (χ4n) is 3.95. The smallest absolute Gasteiger partial charge is 0.124 e. The molecule has 0 spiro atoms. The molecule has 3 unspecified atom stereocenters. The molecule has 1 aliphatic rings. The van der Waals surface area contributed by atoms with Crippen LogP contribution in [0.4, 0.5) is 0 Å². The third-order valence-electron chi connectivity index (χ3n) is 5.49. The minimum absolute atomic E-state index is 0.0962. The van der Waals surface area contributed by atoms with Gasteiger partial charge >= 0.3 is 0 Å². The first kappa shape index (κ1) is 21.2. The van der Waals surface area contributed by atoms with Gasteiger partial charge in [-0.25, -0.2) is 4.31 Å². The van der Waals surface area contributed by atoms with Crippen molar-refractivity contribution in [3.8, 4) is 5.75 Å². The topological polar surface area (TPSA) is 21.7 Å². The van der Waals surface area contributed by atoms with Gasteiger partial charge in [0.1, 0.15) is 11.9 Å². The van der Waals surface area contributed by atoms with Gasteiger partial charge in [0.25, 0.3) is 0 Å². The molecule has 0 N–H and O–H groups in total. The van der Waals surface area contributed by atoms with E-state index in [9.17, 15) is 0 Å². The van der Waals surface area contributed by atoms with Gasteiger partial charge in [0, 0.05) is 25.4 Å². The van der Waals surface area contributed by atoms with E-state index < -0.39 is 0 Å². The average molecular weight is 400 g/mol. The SMILES string of the molecule is CCC(OC)C(CC)Oc1cccc(CSN2CCCC2c2ccccc2)c1. The van der Waals surface area contributed by atoms with Crippen LogP contribution in [0.25, 0.3) is 0 Å². The zero-order valence-corrected chi connectivity index (χ0v) is 18.2. The maximum absolute atomic E-state index is 6.26. The lowest BCUT2D eigenvalue weighted by molar-refractivity contribution is -0.00154. The van der Waals surface area contributed by atoms with E-state index in [1.54, 1.807) is 7.11 Å². The van der Waals surface area contributed by atoms with Crippen molar-refractivity contribution < 1.29 is 9.47 Å². The van der Waals surface area contributed by atoms with Crippen molar-refractivity contribution in [1.82, 2.24) is 4.31 Å². The Morgan fingerprint density at radius 1 is 1.04 bits per heavy atom. The summed E-state index contributed by atoms with van der Waals surface area (Å²) in [6.45, 7) is 5.46. The number of hydrogen-bond donors (Lipinski definition) is 0. The Morgan fingerprint density at radius 3 is 2.54 bits per heavy atom. The Hall–Kier alpha value is -1.49. The van der Waals surface area contributed by atoms with E-state index in [4.69, 9.17) is 9.47 Å². The van der Waals surface area contributed by atoms with Gasteiger partial charge < -0.3 is 9.47 Å². The van der Waals surface area contributed by atoms with Crippen molar-refractivity contribution in [3.05, 3.63) is 65.7 Å². The average Bonchev–Trinajstić information content (AvgIpc) is 3.22. The molecule has 2 aromatic rings. The molecule has 0 amide bonds. The second-order valence-corrected chi connectivity index (χ2v) is 8.39. The lowest BCUT2D eigenvalue weighted by atomic mass is 10.1. The molecule has 1 heterocycles. The Morgan fingerprint density at radius 2 is 1.82 bits per heavy atom. The highest BCUT2D eigenvalue weighted by Crippen LogP contribution is 2.38. The number of nitrogens with zero attached hydrogens (tertiary/aromatic N) is 1. The Balaban J connectivity index is 1.60. The minimum atomic E-state index is 0.0962. The van der Waals surface area contributed by atoms with Crippen molar-refractivity contribution in [2.75, 3.05) is 13.7 Å². The fourth-order valence-corrected chi connectivity index (χ4v) is 5.11. The highest BCUT2D eigenvalue weighted by atomic mass is 32.2. The third kappa shape index (κ3) is 5.53. The van der Waals surface area contributed by atoms with Crippen LogP contribution in [0.2, 0.25) is 0 Å². The van der Waals surface area contributed by atoms with E-state index >= 15 is 0 Å². The fraction of sp³-hybridized carbons (Fsp3) is 0.500. The molecule has 3 nitrogen and oxygen atoms in total. The summed E-state index contributed by atoms with van der Waals surface area (Å²) in [7, 11) is 1.77. The van der Waals surface area contributed by atoms with Gasteiger partial charge in [0.2, 0.25) is 0 Å². The molecule has 3 atom stereocenters. The van der Waals surface area contributed by atoms with Crippen LogP contribution in [0.3, 0.4) is 0 Å². The summed E-state index contributed by atoms with van der Waals surface area (Å²) in [6.07, 6.45) is 4.65.